The summed E-state index contributed by atoms with van der Waals surface area (Å²) in [6, 6.07) is 3.40. The van der Waals surface area contributed by atoms with E-state index in [4.69, 9.17) is 5.73 Å². The van der Waals surface area contributed by atoms with Crippen molar-refractivity contribution in [3.63, 3.8) is 0 Å². The average molecular weight is 278 g/mol. The highest BCUT2D eigenvalue weighted by Crippen LogP contribution is 2.28. The second-order valence-electron chi connectivity index (χ2n) is 4.74. The quantitative estimate of drug-likeness (QED) is 0.775. The molecule has 2 atom stereocenters. The number of halogens is 2. The number of aliphatic hydroxyl groups excluding tert-OH is 1. The van der Waals surface area contributed by atoms with Gasteiger partial charge in [0.2, 0.25) is 0 Å². The van der Waals surface area contributed by atoms with Gasteiger partial charge in [-0.3, -0.25) is 0 Å². The van der Waals surface area contributed by atoms with E-state index in [1.165, 1.54) is 12.1 Å². The smallest absolute Gasteiger partial charge is 0.165 e. The van der Waals surface area contributed by atoms with Crippen LogP contribution in [0.15, 0.2) is 18.2 Å². The molecule has 1 aromatic rings. The van der Waals surface area contributed by atoms with Crippen molar-refractivity contribution in [3.05, 3.63) is 29.6 Å². The third-order valence-electron chi connectivity index (χ3n) is 2.83. The topological polar surface area (TPSA) is 66.5 Å². The van der Waals surface area contributed by atoms with Crippen molar-refractivity contribution in [1.82, 2.24) is 0 Å². The van der Waals surface area contributed by atoms with Crippen LogP contribution in [0.3, 0.4) is 0 Å². The van der Waals surface area contributed by atoms with Crippen LogP contribution in [-0.4, -0.2) is 16.3 Å². The maximum Gasteiger partial charge on any atom is 0.165 e. The molecule has 0 aliphatic heterocycles. The van der Waals surface area contributed by atoms with E-state index in [9.17, 15) is 14.6 Å². The van der Waals surface area contributed by atoms with Crippen LogP contribution in [0, 0.1) is 11.7 Å². The number of hydrogen-bond donors (Lipinski definition) is 3. The summed E-state index contributed by atoms with van der Waals surface area (Å²) in [7, 11) is 0. The molecule has 0 heterocycles. The van der Waals surface area contributed by atoms with Crippen LogP contribution in [0.5, 0.6) is 5.75 Å². The molecule has 0 spiro atoms. The zero-order valence-electron chi connectivity index (χ0n) is 10.6. The number of phenolic OH excluding ortho intramolecular Hbond substituents is 1. The molecule has 1 aromatic carbocycles. The van der Waals surface area contributed by atoms with Crippen molar-refractivity contribution < 1.29 is 14.6 Å². The van der Waals surface area contributed by atoms with E-state index >= 15 is 0 Å². The monoisotopic (exact) mass is 277 g/mol. The Morgan fingerprint density at radius 1 is 1.28 bits per heavy atom. The normalized spacial score (nSPS) is 14.1. The van der Waals surface area contributed by atoms with Crippen LogP contribution in [0.25, 0.3) is 0 Å². The van der Waals surface area contributed by atoms with E-state index < -0.39 is 23.7 Å². The molecule has 104 valence electrons. The van der Waals surface area contributed by atoms with E-state index in [-0.39, 0.29) is 18.0 Å². The van der Waals surface area contributed by atoms with Gasteiger partial charge in [0.05, 0.1) is 12.1 Å². The number of hydrogen-bond acceptors (Lipinski definition) is 3. The fourth-order valence-corrected chi connectivity index (χ4v) is 1.69. The SMILES string of the molecule is CC(C)CC[C@@H](O)[C@@H](N)c1cccc(F)c1O.Cl. The van der Waals surface area contributed by atoms with Gasteiger partial charge in [-0.2, -0.15) is 0 Å². The Morgan fingerprint density at radius 3 is 2.44 bits per heavy atom. The first-order valence-electron chi connectivity index (χ1n) is 5.84. The number of phenols is 1. The molecule has 3 nitrogen and oxygen atoms in total. The highest BCUT2D eigenvalue weighted by molar-refractivity contribution is 5.85. The largest absolute Gasteiger partial charge is 0.505 e. The highest BCUT2D eigenvalue weighted by atomic mass is 35.5. The number of rotatable bonds is 5. The predicted molar refractivity (Wildman–Crippen MR) is 72.3 cm³/mol. The zero-order valence-corrected chi connectivity index (χ0v) is 11.5. The van der Waals surface area contributed by atoms with Gasteiger partial charge in [0.15, 0.2) is 11.6 Å². The van der Waals surface area contributed by atoms with Gasteiger partial charge in [-0.15, -0.1) is 12.4 Å². The van der Waals surface area contributed by atoms with E-state index in [1.807, 2.05) is 0 Å². The first kappa shape index (κ1) is 17.2. The lowest BCUT2D eigenvalue weighted by Crippen LogP contribution is -2.26. The summed E-state index contributed by atoms with van der Waals surface area (Å²) >= 11 is 0. The Balaban J connectivity index is 0.00000289. The Hall–Kier alpha value is -0.840. The minimum Gasteiger partial charge on any atom is -0.505 e. The van der Waals surface area contributed by atoms with Crippen LogP contribution in [0.1, 0.15) is 38.3 Å². The van der Waals surface area contributed by atoms with Crippen molar-refractivity contribution in [2.75, 3.05) is 0 Å². The maximum absolute atomic E-state index is 13.1. The molecule has 0 radical (unpaired) electrons. The zero-order chi connectivity index (χ0) is 13.0. The van der Waals surface area contributed by atoms with Crippen molar-refractivity contribution in [2.45, 2.75) is 38.8 Å². The van der Waals surface area contributed by atoms with Gasteiger partial charge >= 0.3 is 0 Å². The van der Waals surface area contributed by atoms with Crippen molar-refractivity contribution in [2.24, 2.45) is 11.7 Å². The van der Waals surface area contributed by atoms with Gasteiger partial charge in [-0.05, 0) is 24.8 Å². The van der Waals surface area contributed by atoms with Gasteiger partial charge in [0.25, 0.3) is 0 Å². The number of aromatic hydroxyl groups is 1. The van der Waals surface area contributed by atoms with Crippen LogP contribution in [0.2, 0.25) is 0 Å². The van der Waals surface area contributed by atoms with E-state index in [0.29, 0.717) is 12.3 Å². The number of benzene rings is 1. The molecule has 5 heteroatoms. The highest BCUT2D eigenvalue weighted by Gasteiger charge is 2.21. The summed E-state index contributed by atoms with van der Waals surface area (Å²) < 4.78 is 13.1. The molecule has 4 N–H and O–H groups in total. The number of aliphatic hydroxyl groups is 1. The third-order valence-corrected chi connectivity index (χ3v) is 2.83. The molecule has 1 rings (SSSR count). The van der Waals surface area contributed by atoms with E-state index in [1.54, 1.807) is 0 Å². The molecule has 0 bridgehead atoms. The fourth-order valence-electron chi connectivity index (χ4n) is 1.69. The summed E-state index contributed by atoms with van der Waals surface area (Å²) in [5.41, 5.74) is 6.07. The summed E-state index contributed by atoms with van der Waals surface area (Å²) in [6.07, 6.45) is 0.602. The lowest BCUT2D eigenvalue weighted by Gasteiger charge is -2.20. The van der Waals surface area contributed by atoms with Crippen LogP contribution >= 0.6 is 12.4 Å². The molecule has 18 heavy (non-hydrogen) atoms. The van der Waals surface area contributed by atoms with E-state index in [0.717, 1.165) is 12.5 Å². The molecule has 0 aliphatic carbocycles. The van der Waals surface area contributed by atoms with Crippen molar-refractivity contribution >= 4 is 12.4 Å². The van der Waals surface area contributed by atoms with Crippen LogP contribution in [0.4, 0.5) is 4.39 Å². The Bertz CT molecular complexity index is 374. The average Bonchev–Trinajstić information content (AvgIpc) is 2.28. The Labute approximate surface area is 113 Å². The summed E-state index contributed by atoms with van der Waals surface area (Å²) in [6.45, 7) is 4.11. The van der Waals surface area contributed by atoms with Gasteiger partial charge in [-0.25, -0.2) is 4.39 Å². The van der Waals surface area contributed by atoms with Gasteiger partial charge in [-0.1, -0.05) is 26.0 Å². The van der Waals surface area contributed by atoms with Crippen molar-refractivity contribution in [1.29, 1.82) is 0 Å². The molecule has 0 unspecified atom stereocenters. The minimum atomic E-state index is -0.773. The summed E-state index contributed by atoms with van der Waals surface area (Å²) in [5, 5.41) is 19.4. The minimum absolute atomic E-state index is 0. The molecular formula is C13H21ClFNO2. The maximum atomic E-state index is 13.1. The van der Waals surface area contributed by atoms with E-state index in [2.05, 4.69) is 13.8 Å². The van der Waals surface area contributed by atoms with Crippen molar-refractivity contribution in [3.8, 4) is 5.75 Å². The first-order chi connectivity index (χ1) is 7.93. The lowest BCUT2D eigenvalue weighted by atomic mass is 9.95. The second kappa shape index (κ2) is 7.56. The second-order valence-corrected chi connectivity index (χ2v) is 4.74. The Morgan fingerprint density at radius 2 is 1.89 bits per heavy atom. The van der Waals surface area contributed by atoms with Crippen LogP contribution < -0.4 is 5.73 Å². The fraction of sp³-hybridized carbons (Fsp3) is 0.538. The number of para-hydroxylation sites is 1. The van der Waals surface area contributed by atoms with Gasteiger partial charge in [0, 0.05) is 5.56 Å². The predicted octanol–water partition coefficient (Wildman–Crippen LogP) is 2.75. The third kappa shape index (κ3) is 4.44. The molecule has 0 aromatic heterocycles. The van der Waals surface area contributed by atoms with Gasteiger partial charge in [0.1, 0.15) is 0 Å². The standard InChI is InChI=1S/C13H20FNO2.ClH/c1-8(2)6-7-11(16)12(15)9-4-3-5-10(14)13(9)17;/h3-5,8,11-12,16-17H,6-7,15H2,1-2H3;1H/t11-,12+;/m1./s1. The molecule has 0 aliphatic rings. The summed E-state index contributed by atoms with van der Waals surface area (Å²) in [5.74, 6) is -0.712. The molecule has 0 amide bonds. The molecule has 0 saturated heterocycles. The Kier molecular flexibility index (Phi) is 7.21. The molecule has 0 fully saturated rings. The molecule has 0 saturated carbocycles. The lowest BCUT2D eigenvalue weighted by molar-refractivity contribution is 0.127. The summed E-state index contributed by atoms with van der Waals surface area (Å²) in [4.78, 5) is 0. The number of nitrogens with two attached hydrogens (primary N) is 1. The van der Waals surface area contributed by atoms with Gasteiger partial charge < -0.3 is 15.9 Å². The van der Waals surface area contributed by atoms with Crippen LogP contribution in [-0.2, 0) is 0 Å². The molecular weight excluding hydrogens is 257 g/mol. The first-order valence-corrected chi connectivity index (χ1v) is 5.84.